The molecule has 1 N–H and O–H groups in total. The summed E-state index contributed by atoms with van der Waals surface area (Å²) in [7, 11) is 3.72. The summed E-state index contributed by atoms with van der Waals surface area (Å²) >= 11 is 0. The number of hydrogen-bond acceptors (Lipinski definition) is 4. The SMILES string of the molecule is CNC(CN1CCOCC1(C)C)c1cccc(OC)c1. The van der Waals surface area contributed by atoms with Crippen LogP contribution in [0.15, 0.2) is 24.3 Å². The molecule has 1 unspecified atom stereocenters. The number of methoxy groups -OCH3 is 1. The Morgan fingerprint density at radius 1 is 1.45 bits per heavy atom. The molecule has 1 aliphatic rings. The zero-order chi connectivity index (χ0) is 14.6. The minimum Gasteiger partial charge on any atom is -0.497 e. The first-order valence-corrected chi connectivity index (χ1v) is 7.21. The van der Waals surface area contributed by atoms with Gasteiger partial charge in [-0.25, -0.2) is 0 Å². The normalized spacial score (nSPS) is 20.6. The monoisotopic (exact) mass is 278 g/mol. The van der Waals surface area contributed by atoms with Crippen LogP contribution in [0.5, 0.6) is 5.75 Å². The van der Waals surface area contributed by atoms with Gasteiger partial charge in [-0.3, -0.25) is 4.90 Å². The smallest absolute Gasteiger partial charge is 0.119 e. The molecular weight excluding hydrogens is 252 g/mol. The number of benzene rings is 1. The van der Waals surface area contributed by atoms with Crippen molar-refractivity contribution in [2.24, 2.45) is 0 Å². The van der Waals surface area contributed by atoms with Crippen molar-refractivity contribution in [1.29, 1.82) is 0 Å². The molecule has 0 radical (unpaired) electrons. The van der Waals surface area contributed by atoms with E-state index in [1.54, 1.807) is 7.11 Å². The molecular formula is C16H26N2O2. The molecule has 0 spiro atoms. The summed E-state index contributed by atoms with van der Waals surface area (Å²) in [6.07, 6.45) is 0. The third kappa shape index (κ3) is 3.51. The molecule has 4 heteroatoms. The molecule has 1 fully saturated rings. The lowest BCUT2D eigenvalue weighted by molar-refractivity contribution is -0.0543. The fourth-order valence-corrected chi connectivity index (χ4v) is 2.67. The summed E-state index contributed by atoms with van der Waals surface area (Å²) in [6.45, 7) is 8.05. The minimum atomic E-state index is 0.0895. The van der Waals surface area contributed by atoms with E-state index < -0.39 is 0 Å². The standard InChI is InChI=1S/C16H26N2O2/c1-16(2)12-20-9-8-18(16)11-15(17-3)13-6-5-7-14(10-13)19-4/h5-7,10,15,17H,8-9,11-12H2,1-4H3. The van der Waals surface area contributed by atoms with Crippen molar-refractivity contribution in [1.82, 2.24) is 10.2 Å². The first-order valence-electron chi connectivity index (χ1n) is 7.21. The molecule has 4 nitrogen and oxygen atoms in total. The van der Waals surface area contributed by atoms with Crippen LogP contribution in [0.25, 0.3) is 0 Å². The van der Waals surface area contributed by atoms with Crippen LogP contribution in [-0.2, 0) is 4.74 Å². The Morgan fingerprint density at radius 3 is 2.90 bits per heavy atom. The molecule has 1 saturated heterocycles. The van der Waals surface area contributed by atoms with Gasteiger partial charge < -0.3 is 14.8 Å². The molecule has 1 heterocycles. The zero-order valence-electron chi connectivity index (χ0n) is 13.0. The van der Waals surface area contributed by atoms with Crippen molar-refractivity contribution in [3.05, 3.63) is 29.8 Å². The van der Waals surface area contributed by atoms with Gasteiger partial charge in [0.25, 0.3) is 0 Å². The lowest BCUT2D eigenvalue weighted by atomic mass is 9.99. The van der Waals surface area contributed by atoms with E-state index in [9.17, 15) is 0 Å². The van der Waals surface area contributed by atoms with Crippen LogP contribution in [0.1, 0.15) is 25.5 Å². The quantitative estimate of drug-likeness (QED) is 0.894. The van der Waals surface area contributed by atoms with Gasteiger partial charge in [0.05, 0.1) is 20.3 Å². The minimum absolute atomic E-state index is 0.0895. The second-order valence-corrected chi connectivity index (χ2v) is 5.93. The lowest BCUT2D eigenvalue weighted by Crippen LogP contribution is -2.54. The van der Waals surface area contributed by atoms with Crippen molar-refractivity contribution < 1.29 is 9.47 Å². The summed E-state index contributed by atoms with van der Waals surface area (Å²) in [5.74, 6) is 0.906. The maximum atomic E-state index is 5.59. The van der Waals surface area contributed by atoms with Gasteiger partial charge in [0.1, 0.15) is 5.75 Å². The van der Waals surface area contributed by atoms with Crippen LogP contribution >= 0.6 is 0 Å². The molecule has 1 atom stereocenters. The average molecular weight is 278 g/mol. The zero-order valence-corrected chi connectivity index (χ0v) is 13.0. The molecule has 0 saturated carbocycles. The molecule has 20 heavy (non-hydrogen) atoms. The third-order valence-corrected chi connectivity index (χ3v) is 4.06. The van der Waals surface area contributed by atoms with Crippen LogP contribution in [0, 0.1) is 0 Å². The first-order chi connectivity index (χ1) is 9.56. The van der Waals surface area contributed by atoms with Crippen LogP contribution in [0.3, 0.4) is 0 Å². The molecule has 0 amide bonds. The van der Waals surface area contributed by atoms with Gasteiger partial charge in [-0.2, -0.15) is 0 Å². The number of nitrogens with zero attached hydrogens (tertiary/aromatic N) is 1. The van der Waals surface area contributed by atoms with E-state index in [-0.39, 0.29) is 5.54 Å². The number of rotatable bonds is 5. The highest BCUT2D eigenvalue weighted by Crippen LogP contribution is 2.25. The lowest BCUT2D eigenvalue weighted by Gasteiger charge is -2.43. The third-order valence-electron chi connectivity index (χ3n) is 4.06. The second-order valence-electron chi connectivity index (χ2n) is 5.93. The fourth-order valence-electron chi connectivity index (χ4n) is 2.67. The van der Waals surface area contributed by atoms with E-state index >= 15 is 0 Å². The first kappa shape index (κ1) is 15.3. The van der Waals surface area contributed by atoms with Crippen LogP contribution in [0.2, 0.25) is 0 Å². The fraction of sp³-hybridized carbons (Fsp3) is 0.625. The summed E-state index contributed by atoms with van der Waals surface area (Å²) in [5.41, 5.74) is 1.35. The van der Waals surface area contributed by atoms with Gasteiger partial charge in [-0.05, 0) is 38.6 Å². The number of likely N-dealkylation sites (N-methyl/N-ethyl adjacent to an activating group) is 1. The summed E-state index contributed by atoms with van der Waals surface area (Å²) < 4.78 is 10.9. The van der Waals surface area contributed by atoms with Crippen molar-refractivity contribution in [3.8, 4) is 5.75 Å². The van der Waals surface area contributed by atoms with E-state index in [0.717, 1.165) is 32.1 Å². The largest absolute Gasteiger partial charge is 0.497 e. The summed E-state index contributed by atoms with van der Waals surface area (Å²) in [5, 5.41) is 3.42. The molecule has 0 aliphatic carbocycles. The number of hydrogen-bond donors (Lipinski definition) is 1. The number of nitrogens with one attached hydrogen (secondary N) is 1. The van der Waals surface area contributed by atoms with Gasteiger partial charge in [-0.15, -0.1) is 0 Å². The topological polar surface area (TPSA) is 33.7 Å². The molecule has 0 aromatic heterocycles. The Hall–Kier alpha value is -1.10. The Kier molecular flexibility index (Phi) is 5.02. The van der Waals surface area contributed by atoms with Crippen molar-refractivity contribution >= 4 is 0 Å². The van der Waals surface area contributed by atoms with E-state index in [1.807, 2.05) is 19.2 Å². The number of morpholine rings is 1. The Bertz CT molecular complexity index is 434. The molecule has 1 aromatic carbocycles. The van der Waals surface area contributed by atoms with Gasteiger partial charge >= 0.3 is 0 Å². The van der Waals surface area contributed by atoms with Crippen molar-refractivity contribution in [2.75, 3.05) is 40.5 Å². The highest BCUT2D eigenvalue weighted by molar-refractivity contribution is 5.30. The number of ether oxygens (including phenoxy) is 2. The molecule has 112 valence electrons. The molecule has 1 aliphatic heterocycles. The highest BCUT2D eigenvalue weighted by Gasteiger charge is 2.32. The predicted octanol–water partition coefficient (Wildman–Crippen LogP) is 2.07. The molecule has 0 bridgehead atoms. The average Bonchev–Trinajstić information content (AvgIpc) is 2.46. The predicted molar refractivity (Wildman–Crippen MR) is 81.3 cm³/mol. The van der Waals surface area contributed by atoms with E-state index in [0.29, 0.717) is 6.04 Å². The van der Waals surface area contributed by atoms with Gasteiger partial charge in [0.2, 0.25) is 0 Å². The van der Waals surface area contributed by atoms with Gasteiger partial charge in [0.15, 0.2) is 0 Å². The summed E-state index contributed by atoms with van der Waals surface area (Å²) in [6, 6.07) is 8.58. The van der Waals surface area contributed by atoms with Crippen LogP contribution < -0.4 is 10.1 Å². The summed E-state index contributed by atoms with van der Waals surface area (Å²) in [4.78, 5) is 2.50. The van der Waals surface area contributed by atoms with Gasteiger partial charge in [-0.1, -0.05) is 12.1 Å². The molecule has 1 aromatic rings. The second kappa shape index (κ2) is 6.57. The maximum Gasteiger partial charge on any atom is 0.119 e. The highest BCUT2D eigenvalue weighted by atomic mass is 16.5. The Balaban J connectivity index is 2.11. The Morgan fingerprint density at radius 2 is 2.25 bits per heavy atom. The molecule has 2 rings (SSSR count). The van der Waals surface area contributed by atoms with E-state index in [1.165, 1.54) is 5.56 Å². The van der Waals surface area contributed by atoms with Gasteiger partial charge in [0, 0.05) is 24.7 Å². The maximum absolute atomic E-state index is 5.59. The van der Waals surface area contributed by atoms with Crippen LogP contribution in [-0.4, -0.2) is 50.9 Å². The van der Waals surface area contributed by atoms with E-state index in [2.05, 4.69) is 36.2 Å². The van der Waals surface area contributed by atoms with Crippen molar-refractivity contribution in [3.63, 3.8) is 0 Å². The van der Waals surface area contributed by atoms with Crippen molar-refractivity contribution in [2.45, 2.75) is 25.4 Å². The Labute approximate surface area is 122 Å². The van der Waals surface area contributed by atoms with E-state index in [4.69, 9.17) is 9.47 Å². The van der Waals surface area contributed by atoms with Crippen LogP contribution in [0.4, 0.5) is 0 Å².